The lowest BCUT2D eigenvalue weighted by atomic mass is 10.2. The third kappa shape index (κ3) is 25.7. The Hall–Kier alpha value is -0.300. The minimum Gasteiger partial charge on any atom is -0.460 e. The van der Waals surface area contributed by atoms with Gasteiger partial charge in [0.05, 0.1) is 72.7 Å². The molecule has 0 saturated heterocycles. The molecule has 0 bridgehead atoms. The van der Waals surface area contributed by atoms with Crippen molar-refractivity contribution in [3.8, 4) is 0 Å². The van der Waals surface area contributed by atoms with Gasteiger partial charge in [-0.3, -0.25) is 0 Å². The Kier molecular flexibility index (Phi) is 26.5. The van der Waals surface area contributed by atoms with E-state index in [0.29, 0.717) is 72.7 Å². The van der Waals surface area contributed by atoms with Crippen molar-refractivity contribution >= 4 is 28.6 Å². The Labute approximate surface area is 195 Å². The maximum atomic E-state index is 10.8. The molecule has 0 unspecified atom stereocenters. The zero-order valence-electron chi connectivity index (χ0n) is 18.2. The summed E-state index contributed by atoms with van der Waals surface area (Å²) in [5, 5.41) is 0. The Morgan fingerprint density at radius 1 is 0.567 bits per heavy atom. The predicted octanol–water partition coefficient (Wildman–Crippen LogP) is 2.81. The van der Waals surface area contributed by atoms with Crippen molar-refractivity contribution < 1.29 is 38.0 Å². The lowest BCUT2D eigenvalue weighted by Gasteiger charge is -2.08. The molecule has 0 radical (unpaired) electrons. The van der Waals surface area contributed by atoms with Gasteiger partial charge in [-0.05, 0) is 17.3 Å². The van der Waals surface area contributed by atoms with Crippen LogP contribution in [0.5, 0.6) is 0 Å². The number of alkyl halides is 1. The highest BCUT2D eigenvalue weighted by atomic mass is 127. The van der Waals surface area contributed by atoms with Crippen LogP contribution in [0.15, 0.2) is 12.7 Å². The van der Waals surface area contributed by atoms with Crippen LogP contribution < -0.4 is 0 Å². The summed E-state index contributed by atoms with van der Waals surface area (Å²) in [5.41, 5.74) is 0. The molecule has 178 valence electrons. The van der Waals surface area contributed by atoms with E-state index in [1.807, 2.05) is 0 Å². The fourth-order valence-corrected chi connectivity index (χ4v) is 2.65. The molecular weight excluding hydrogens is 507 g/mol. The summed E-state index contributed by atoms with van der Waals surface area (Å²) < 4.78 is 38.4. The molecule has 0 aliphatic carbocycles. The number of carbonyl (C=O) groups excluding carboxylic acids is 1. The van der Waals surface area contributed by atoms with Crippen LogP contribution in [0, 0.1) is 0 Å². The lowest BCUT2D eigenvalue weighted by molar-refractivity contribution is -0.139. The molecule has 0 aromatic heterocycles. The average Bonchev–Trinajstić information content (AvgIpc) is 2.76. The molecule has 0 atom stereocenters. The molecule has 0 aliphatic rings. The standard InChI is InChI=1S/C21H39IO8/c1-2-21(23)30-20-19-29-18-17-28-16-15-27-14-13-26-12-11-25-10-9-24-8-6-4-3-5-7-22/h2H,1,3-20H2. The molecule has 0 N–H and O–H groups in total. The summed E-state index contributed by atoms with van der Waals surface area (Å²) >= 11 is 2.41. The van der Waals surface area contributed by atoms with Crippen LogP contribution in [0.3, 0.4) is 0 Å². The van der Waals surface area contributed by atoms with Gasteiger partial charge in [-0.15, -0.1) is 0 Å². The van der Waals surface area contributed by atoms with Crippen LogP contribution in [0.4, 0.5) is 0 Å². The number of ether oxygens (including phenoxy) is 7. The van der Waals surface area contributed by atoms with Gasteiger partial charge in [-0.1, -0.05) is 42.0 Å². The molecule has 0 fully saturated rings. The SMILES string of the molecule is C=CC(=O)OCCOCCOCCOCCOCCOCCOCCCCCCI. The molecule has 0 aliphatic heterocycles. The molecule has 0 spiro atoms. The summed E-state index contributed by atoms with van der Waals surface area (Å²) in [5.74, 6) is -0.447. The maximum absolute atomic E-state index is 10.8. The van der Waals surface area contributed by atoms with Gasteiger partial charge >= 0.3 is 5.97 Å². The lowest BCUT2D eigenvalue weighted by Crippen LogP contribution is -2.15. The third-order valence-electron chi connectivity index (χ3n) is 3.67. The van der Waals surface area contributed by atoms with E-state index in [9.17, 15) is 4.79 Å². The number of unbranched alkanes of at least 4 members (excludes halogenated alkanes) is 3. The number of hydrogen-bond acceptors (Lipinski definition) is 8. The van der Waals surface area contributed by atoms with Crippen molar-refractivity contribution in [2.75, 3.05) is 90.3 Å². The number of esters is 1. The highest BCUT2D eigenvalue weighted by Gasteiger charge is 1.96. The molecule has 0 saturated carbocycles. The van der Waals surface area contributed by atoms with Gasteiger partial charge in [0.15, 0.2) is 0 Å². The van der Waals surface area contributed by atoms with Gasteiger partial charge in [-0.2, -0.15) is 0 Å². The van der Waals surface area contributed by atoms with Crippen LogP contribution in [0.2, 0.25) is 0 Å². The molecule has 0 aromatic carbocycles. The van der Waals surface area contributed by atoms with E-state index in [1.165, 1.54) is 23.7 Å². The molecule has 8 nitrogen and oxygen atoms in total. The second kappa shape index (κ2) is 26.7. The Morgan fingerprint density at radius 3 is 1.33 bits per heavy atom. The van der Waals surface area contributed by atoms with E-state index in [4.69, 9.17) is 33.2 Å². The average molecular weight is 546 g/mol. The van der Waals surface area contributed by atoms with Crippen molar-refractivity contribution in [1.82, 2.24) is 0 Å². The Bertz CT molecular complexity index is 371. The highest BCUT2D eigenvalue weighted by molar-refractivity contribution is 14.1. The zero-order chi connectivity index (χ0) is 22.0. The van der Waals surface area contributed by atoms with Crippen LogP contribution in [-0.2, 0) is 38.0 Å². The van der Waals surface area contributed by atoms with E-state index >= 15 is 0 Å². The molecular formula is C21H39IO8. The first-order valence-electron chi connectivity index (χ1n) is 10.6. The minimum absolute atomic E-state index is 0.214. The molecule has 9 heteroatoms. The zero-order valence-corrected chi connectivity index (χ0v) is 20.3. The first-order chi connectivity index (χ1) is 14.8. The van der Waals surface area contributed by atoms with Crippen LogP contribution >= 0.6 is 22.6 Å². The second-order valence-electron chi connectivity index (χ2n) is 6.15. The van der Waals surface area contributed by atoms with E-state index < -0.39 is 5.97 Å². The first kappa shape index (κ1) is 29.7. The van der Waals surface area contributed by atoms with Gasteiger partial charge in [0, 0.05) is 12.7 Å². The summed E-state index contributed by atoms with van der Waals surface area (Å²) in [6.45, 7) is 10.0. The second-order valence-corrected chi connectivity index (χ2v) is 7.23. The van der Waals surface area contributed by atoms with Crippen molar-refractivity contribution in [2.45, 2.75) is 25.7 Å². The molecule has 30 heavy (non-hydrogen) atoms. The number of hydrogen-bond donors (Lipinski definition) is 0. The topological polar surface area (TPSA) is 81.7 Å². The predicted molar refractivity (Wildman–Crippen MR) is 123 cm³/mol. The molecule has 0 rings (SSSR count). The third-order valence-corrected chi connectivity index (χ3v) is 4.43. The van der Waals surface area contributed by atoms with E-state index in [-0.39, 0.29) is 6.61 Å². The molecule has 0 heterocycles. The molecule has 0 aromatic rings. The van der Waals surface area contributed by atoms with Gasteiger partial charge in [-0.25, -0.2) is 4.79 Å². The summed E-state index contributed by atoms with van der Waals surface area (Å²) in [4.78, 5) is 10.8. The summed E-state index contributed by atoms with van der Waals surface area (Å²) in [7, 11) is 0. The fraction of sp³-hybridized carbons (Fsp3) is 0.857. The quantitative estimate of drug-likeness (QED) is 0.0569. The number of halogens is 1. The van der Waals surface area contributed by atoms with E-state index in [1.54, 1.807) is 0 Å². The summed E-state index contributed by atoms with van der Waals surface area (Å²) in [6, 6.07) is 0. The van der Waals surface area contributed by atoms with E-state index in [0.717, 1.165) is 19.1 Å². The smallest absolute Gasteiger partial charge is 0.330 e. The van der Waals surface area contributed by atoms with Crippen molar-refractivity contribution in [3.63, 3.8) is 0 Å². The Morgan fingerprint density at radius 2 is 0.933 bits per heavy atom. The van der Waals surface area contributed by atoms with Gasteiger partial charge in [0.1, 0.15) is 6.61 Å². The normalized spacial score (nSPS) is 11.0. The Balaban J connectivity index is 3.02. The van der Waals surface area contributed by atoms with Crippen LogP contribution in [-0.4, -0.2) is 96.3 Å². The van der Waals surface area contributed by atoms with Crippen LogP contribution in [0.25, 0.3) is 0 Å². The fourth-order valence-electron chi connectivity index (χ4n) is 2.11. The largest absolute Gasteiger partial charge is 0.460 e. The van der Waals surface area contributed by atoms with Gasteiger partial charge in [0.2, 0.25) is 0 Å². The maximum Gasteiger partial charge on any atom is 0.330 e. The monoisotopic (exact) mass is 546 g/mol. The van der Waals surface area contributed by atoms with E-state index in [2.05, 4.69) is 29.2 Å². The number of rotatable bonds is 25. The van der Waals surface area contributed by atoms with Crippen LogP contribution in [0.1, 0.15) is 25.7 Å². The minimum atomic E-state index is -0.447. The van der Waals surface area contributed by atoms with Crippen molar-refractivity contribution in [1.29, 1.82) is 0 Å². The van der Waals surface area contributed by atoms with Gasteiger partial charge < -0.3 is 33.2 Å². The summed E-state index contributed by atoms with van der Waals surface area (Å²) in [6.07, 6.45) is 6.10. The van der Waals surface area contributed by atoms with Crippen molar-refractivity contribution in [3.05, 3.63) is 12.7 Å². The van der Waals surface area contributed by atoms with Gasteiger partial charge in [0.25, 0.3) is 0 Å². The van der Waals surface area contributed by atoms with Crippen molar-refractivity contribution in [2.24, 2.45) is 0 Å². The first-order valence-corrected chi connectivity index (χ1v) is 12.2. The highest BCUT2D eigenvalue weighted by Crippen LogP contribution is 2.02. The number of carbonyl (C=O) groups is 1. The molecule has 0 amide bonds.